The van der Waals surface area contributed by atoms with E-state index < -0.39 is 17.5 Å². The molecule has 4 rings (SSSR count). The Morgan fingerprint density at radius 2 is 2.00 bits per heavy atom. The highest BCUT2D eigenvalue weighted by molar-refractivity contribution is 6.07. The van der Waals surface area contributed by atoms with E-state index in [0.29, 0.717) is 23.2 Å². The summed E-state index contributed by atoms with van der Waals surface area (Å²) >= 11 is 0. The van der Waals surface area contributed by atoms with E-state index in [0.717, 1.165) is 12.8 Å². The van der Waals surface area contributed by atoms with Crippen molar-refractivity contribution in [1.29, 1.82) is 0 Å². The van der Waals surface area contributed by atoms with Gasteiger partial charge >= 0.3 is 6.03 Å². The van der Waals surface area contributed by atoms with Crippen LogP contribution >= 0.6 is 12.4 Å². The Morgan fingerprint density at radius 1 is 1.22 bits per heavy atom. The second kappa shape index (κ2) is 7.48. The van der Waals surface area contributed by atoms with E-state index in [9.17, 15) is 14.4 Å². The summed E-state index contributed by atoms with van der Waals surface area (Å²) < 4.78 is 0. The lowest BCUT2D eigenvalue weighted by Crippen LogP contribution is -2.41. The highest BCUT2D eigenvalue weighted by atomic mass is 35.5. The van der Waals surface area contributed by atoms with Crippen LogP contribution in [0.15, 0.2) is 24.3 Å². The van der Waals surface area contributed by atoms with Crippen molar-refractivity contribution in [2.75, 3.05) is 5.32 Å². The summed E-state index contributed by atoms with van der Waals surface area (Å²) in [6, 6.07) is 6.86. The van der Waals surface area contributed by atoms with Crippen LogP contribution in [-0.4, -0.2) is 29.9 Å². The third kappa shape index (κ3) is 3.66. The van der Waals surface area contributed by atoms with Crippen molar-refractivity contribution in [2.24, 2.45) is 5.92 Å². The molecule has 0 aromatic heterocycles. The van der Waals surface area contributed by atoms with Gasteiger partial charge in [0, 0.05) is 11.7 Å². The molecule has 0 bridgehead atoms. The number of nitrogens with one attached hydrogen (secondary N) is 4. The lowest BCUT2D eigenvalue weighted by molar-refractivity contribution is -0.123. The van der Waals surface area contributed by atoms with Crippen LogP contribution in [0.1, 0.15) is 44.6 Å². The molecular weight excluding hydrogens is 368 g/mol. The van der Waals surface area contributed by atoms with Gasteiger partial charge in [0.25, 0.3) is 5.91 Å². The maximum Gasteiger partial charge on any atom is 0.322 e. The molecule has 1 aromatic rings. The zero-order chi connectivity index (χ0) is 18.3. The number of halogens is 1. The molecule has 7 nitrogen and oxygen atoms in total. The van der Waals surface area contributed by atoms with E-state index >= 15 is 0 Å². The van der Waals surface area contributed by atoms with Crippen LogP contribution < -0.4 is 21.3 Å². The minimum atomic E-state index is -1.13. The largest absolute Gasteiger partial charge is 0.325 e. The molecule has 2 heterocycles. The zero-order valence-corrected chi connectivity index (χ0v) is 16.0. The third-order valence-corrected chi connectivity index (χ3v) is 5.93. The van der Waals surface area contributed by atoms with Crippen LogP contribution in [-0.2, 0) is 15.1 Å². The molecule has 0 radical (unpaired) electrons. The van der Waals surface area contributed by atoms with Gasteiger partial charge in [0.1, 0.15) is 5.54 Å². The van der Waals surface area contributed by atoms with Crippen LogP contribution in [0.4, 0.5) is 10.5 Å². The van der Waals surface area contributed by atoms with Crippen molar-refractivity contribution in [1.82, 2.24) is 16.0 Å². The average molecular weight is 393 g/mol. The van der Waals surface area contributed by atoms with E-state index in [2.05, 4.69) is 21.3 Å². The van der Waals surface area contributed by atoms with Crippen molar-refractivity contribution in [2.45, 2.75) is 56.7 Å². The summed E-state index contributed by atoms with van der Waals surface area (Å²) in [6.07, 6.45) is 5.72. The Balaban J connectivity index is 0.00000210. The number of hydrogen-bond acceptors (Lipinski definition) is 4. The van der Waals surface area contributed by atoms with Crippen LogP contribution in [0.2, 0.25) is 0 Å². The minimum absolute atomic E-state index is 0. The maximum absolute atomic E-state index is 12.7. The molecule has 4 unspecified atom stereocenters. The Bertz CT molecular complexity index is 757. The standard InChI is InChI=1S/C19H24N4O3.ClH/c1-19(17(25)22-18(26)23-19)12-6-4-7-13(10-12)20-16(24)15-9-11-5-2-3-8-14(11)21-15;/h4,6-7,10-11,14-15,21H,2-3,5,8-9H2,1H3,(H,20,24)(H2,22,23,25,26);1H. The quantitative estimate of drug-likeness (QED) is 0.591. The third-order valence-electron chi connectivity index (χ3n) is 5.93. The fraction of sp³-hybridized carbons (Fsp3) is 0.526. The van der Waals surface area contributed by atoms with Gasteiger partial charge in [-0.2, -0.15) is 0 Å². The van der Waals surface area contributed by atoms with Gasteiger partial charge in [-0.25, -0.2) is 4.79 Å². The molecule has 146 valence electrons. The number of amides is 4. The SMILES string of the molecule is CC1(c2cccc(NC(=O)C3CC4CCCCC4N3)c2)NC(=O)NC1=O.Cl. The predicted octanol–water partition coefficient (Wildman–Crippen LogP) is 2.02. The van der Waals surface area contributed by atoms with E-state index in [1.165, 1.54) is 19.3 Å². The molecule has 1 aromatic carbocycles. The fourth-order valence-corrected chi connectivity index (χ4v) is 4.40. The van der Waals surface area contributed by atoms with Gasteiger partial charge in [0.2, 0.25) is 5.91 Å². The van der Waals surface area contributed by atoms with Crippen molar-refractivity contribution < 1.29 is 14.4 Å². The number of carbonyl (C=O) groups is 3. The number of imide groups is 1. The molecule has 4 N–H and O–H groups in total. The van der Waals surface area contributed by atoms with Gasteiger partial charge in [-0.3, -0.25) is 14.9 Å². The highest BCUT2D eigenvalue weighted by Crippen LogP contribution is 2.33. The summed E-state index contributed by atoms with van der Waals surface area (Å²) in [6.45, 7) is 1.65. The van der Waals surface area contributed by atoms with Crippen molar-refractivity contribution in [3.8, 4) is 0 Å². The van der Waals surface area contributed by atoms with Gasteiger partial charge in [-0.15, -0.1) is 12.4 Å². The van der Waals surface area contributed by atoms with Gasteiger partial charge in [-0.1, -0.05) is 25.0 Å². The summed E-state index contributed by atoms with van der Waals surface area (Å²) in [5, 5.41) is 11.3. The van der Waals surface area contributed by atoms with Crippen LogP contribution in [0, 0.1) is 5.92 Å². The smallest absolute Gasteiger partial charge is 0.322 e. The summed E-state index contributed by atoms with van der Waals surface area (Å²) in [4.78, 5) is 36.2. The van der Waals surface area contributed by atoms with E-state index in [1.807, 2.05) is 0 Å². The number of benzene rings is 1. The number of fused-ring (bicyclic) bond motifs is 1. The average Bonchev–Trinajstić information content (AvgIpc) is 3.16. The monoisotopic (exact) mass is 392 g/mol. The topological polar surface area (TPSA) is 99.3 Å². The highest BCUT2D eigenvalue weighted by Gasteiger charge is 2.43. The zero-order valence-electron chi connectivity index (χ0n) is 15.2. The Hall–Kier alpha value is -2.12. The number of hydrogen-bond donors (Lipinski definition) is 4. The fourth-order valence-electron chi connectivity index (χ4n) is 4.40. The van der Waals surface area contributed by atoms with Gasteiger partial charge in [-0.05, 0) is 49.8 Å². The Morgan fingerprint density at radius 3 is 2.70 bits per heavy atom. The number of urea groups is 1. The summed E-state index contributed by atoms with van der Waals surface area (Å²) in [5.41, 5.74) is 0.129. The molecule has 3 fully saturated rings. The maximum atomic E-state index is 12.7. The molecule has 0 spiro atoms. The van der Waals surface area contributed by atoms with Crippen LogP contribution in [0.25, 0.3) is 0 Å². The molecule has 27 heavy (non-hydrogen) atoms. The molecule has 3 aliphatic rings. The second-order valence-electron chi connectivity index (χ2n) is 7.71. The van der Waals surface area contributed by atoms with Crippen molar-refractivity contribution >= 4 is 35.9 Å². The first-order valence-electron chi connectivity index (χ1n) is 9.27. The lowest BCUT2D eigenvalue weighted by Gasteiger charge is -2.24. The van der Waals surface area contributed by atoms with Crippen molar-refractivity contribution in [3.05, 3.63) is 29.8 Å². The molecule has 1 saturated carbocycles. The first-order valence-corrected chi connectivity index (χ1v) is 9.27. The summed E-state index contributed by atoms with van der Waals surface area (Å²) in [7, 11) is 0. The number of carbonyl (C=O) groups excluding carboxylic acids is 3. The molecule has 1 aliphatic carbocycles. The van der Waals surface area contributed by atoms with Gasteiger partial charge in [0.05, 0.1) is 6.04 Å². The molecule has 2 aliphatic heterocycles. The minimum Gasteiger partial charge on any atom is -0.325 e. The first kappa shape index (κ1) is 19.6. The van der Waals surface area contributed by atoms with Crippen LogP contribution in [0.3, 0.4) is 0 Å². The molecular formula is C19H25ClN4O3. The lowest BCUT2D eigenvalue weighted by atomic mass is 9.85. The van der Waals surface area contributed by atoms with Crippen LogP contribution in [0.5, 0.6) is 0 Å². The Labute approximate surface area is 164 Å². The van der Waals surface area contributed by atoms with E-state index in [-0.39, 0.29) is 24.4 Å². The molecule has 4 atom stereocenters. The first-order chi connectivity index (χ1) is 12.5. The van der Waals surface area contributed by atoms with Gasteiger partial charge < -0.3 is 16.0 Å². The number of rotatable bonds is 3. The van der Waals surface area contributed by atoms with Gasteiger partial charge in [0.15, 0.2) is 0 Å². The van der Waals surface area contributed by atoms with E-state index in [1.54, 1.807) is 31.2 Å². The second-order valence-corrected chi connectivity index (χ2v) is 7.71. The molecule has 2 saturated heterocycles. The normalized spacial score (nSPS) is 32.1. The van der Waals surface area contributed by atoms with E-state index in [4.69, 9.17) is 0 Å². The summed E-state index contributed by atoms with van der Waals surface area (Å²) in [5.74, 6) is 0.163. The van der Waals surface area contributed by atoms with Crippen molar-refractivity contribution in [3.63, 3.8) is 0 Å². The predicted molar refractivity (Wildman–Crippen MR) is 104 cm³/mol. The molecule has 8 heteroatoms. The number of anilines is 1. The molecule has 4 amide bonds. The Kier molecular flexibility index (Phi) is 5.44.